The van der Waals surface area contributed by atoms with Gasteiger partial charge in [0, 0.05) is 10.5 Å². The van der Waals surface area contributed by atoms with Crippen molar-refractivity contribution in [2.75, 3.05) is 5.32 Å². The van der Waals surface area contributed by atoms with Crippen molar-refractivity contribution in [3.8, 4) is 0 Å². The molecule has 90 valence electrons. The average Bonchev–Trinajstić information content (AvgIpc) is 2.39. The van der Waals surface area contributed by atoms with Crippen LogP contribution in [0.4, 0.5) is 10.1 Å². The molecule has 0 fully saturated rings. The van der Waals surface area contributed by atoms with Crippen LogP contribution < -0.4 is 5.32 Å². The van der Waals surface area contributed by atoms with Gasteiger partial charge in [-0.25, -0.2) is 4.39 Å². The highest BCUT2D eigenvalue weighted by molar-refractivity contribution is 8.00. The molecule has 0 spiro atoms. The van der Waals surface area contributed by atoms with E-state index >= 15 is 0 Å². The number of rotatable bonds is 1. The maximum atomic E-state index is 13.7. The summed E-state index contributed by atoms with van der Waals surface area (Å²) in [5.74, 6) is -0.520. The summed E-state index contributed by atoms with van der Waals surface area (Å²) in [4.78, 5) is 13.0. The van der Waals surface area contributed by atoms with Crippen LogP contribution in [0.5, 0.6) is 0 Å². The van der Waals surface area contributed by atoms with Gasteiger partial charge in [-0.15, -0.1) is 11.8 Å². The summed E-state index contributed by atoms with van der Waals surface area (Å²) in [6.45, 7) is 0. The summed E-state index contributed by atoms with van der Waals surface area (Å²) >= 11 is 1.38. The third-order valence-electron chi connectivity index (χ3n) is 2.82. The van der Waals surface area contributed by atoms with Crippen molar-refractivity contribution >= 4 is 23.4 Å². The fraction of sp³-hybridized carbons (Fsp3) is 0.0714. The van der Waals surface area contributed by atoms with E-state index in [4.69, 9.17) is 0 Å². The maximum Gasteiger partial charge on any atom is 0.242 e. The molecule has 0 bridgehead atoms. The van der Waals surface area contributed by atoms with Crippen LogP contribution in [0.15, 0.2) is 53.4 Å². The number of carbonyl (C=O) groups is 1. The zero-order chi connectivity index (χ0) is 12.5. The fourth-order valence-corrected chi connectivity index (χ4v) is 3.09. The van der Waals surface area contributed by atoms with Gasteiger partial charge in [0.15, 0.2) is 0 Å². The quantitative estimate of drug-likeness (QED) is 0.847. The molecule has 1 amide bonds. The Hall–Kier alpha value is -1.81. The zero-order valence-electron chi connectivity index (χ0n) is 9.39. The molecule has 2 nitrogen and oxygen atoms in total. The van der Waals surface area contributed by atoms with Gasteiger partial charge in [-0.3, -0.25) is 4.79 Å². The normalized spacial score (nSPS) is 18.1. The Morgan fingerprint density at radius 2 is 1.78 bits per heavy atom. The summed E-state index contributed by atoms with van der Waals surface area (Å²) in [7, 11) is 0. The lowest BCUT2D eigenvalue weighted by Crippen LogP contribution is -2.23. The van der Waals surface area contributed by atoms with E-state index in [9.17, 15) is 9.18 Å². The van der Waals surface area contributed by atoms with E-state index in [1.165, 1.54) is 17.8 Å². The van der Waals surface area contributed by atoms with Crippen LogP contribution in [0.25, 0.3) is 0 Å². The first kappa shape index (κ1) is 11.3. The molecule has 1 atom stereocenters. The Kier molecular flexibility index (Phi) is 2.80. The van der Waals surface area contributed by atoms with Gasteiger partial charge < -0.3 is 5.32 Å². The van der Waals surface area contributed by atoms with E-state index in [2.05, 4.69) is 5.32 Å². The molecule has 0 radical (unpaired) electrons. The monoisotopic (exact) mass is 259 g/mol. The maximum absolute atomic E-state index is 13.7. The molecule has 1 N–H and O–H groups in total. The molecule has 18 heavy (non-hydrogen) atoms. The lowest BCUT2D eigenvalue weighted by atomic mass is 10.1. The number of para-hydroxylation sites is 1. The van der Waals surface area contributed by atoms with Crippen molar-refractivity contribution in [1.29, 1.82) is 0 Å². The lowest BCUT2D eigenvalue weighted by molar-refractivity contribution is -0.116. The van der Waals surface area contributed by atoms with Crippen molar-refractivity contribution in [2.24, 2.45) is 0 Å². The van der Waals surface area contributed by atoms with E-state index in [1.54, 1.807) is 18.2 Å². The predicted octanol–water partition coefficient (Wildman–Crippen LogP) is 3.61. The van der Waals surface area contributed by atoms with E-state index in [1.807, 2.05) is 24.3 Å². The van der Waals surface area contributed by atoms with Gasteiger partial charge in [-0.05, 0) is 18.2 Å². The summed E-state index contributed by atoms with van der Waals surface area (Å²) in [6.07, 6.45) is 0. The standard InChI is InChI=1S/C14H10FNOS/c15-10-6-2-1-5-9(10)13-14(17)16-11-7-3-4-8-12(11)18-13/h1-8,13H,(H,16,17). The number of amides is 1. The van der Waals surface area contributed by atoms with E-state index in [0.29, 0.717) is 5.56 Å². The van der Waals surface area contributed by atoms with Gasteiger partial charge in [-0.2, -0.15) is 0 Å². The zero-order valence-corrected chi connectivity index (χ0v) is 10.2. The molecule has 0 saturated heterocycles. The summed E-state index contributed by atoms with van der Waals surface area (Å²) in [5.41, 5.74) is 1.22. The van der Waals surface area contributed by atoms with Crippen LogP contribution in [0.3, 0.4) is 0 Å². The third kappa shape index (κ3) is 1.88. The van der Waals surface area contributed by atoms with Gasteiger partial charge in [0.25, 0.3) is 0 Å². The molecule has 1 aliphatic rings. The van der Waals surface area contributed by atoms with Crippen LogP contribution in [-0.2, 0) is 4.79 Å². The molecule has 0 aromatic heterocycles. The number of hydrogen-bond donors (Lipinski definition) is 1. The first-order valence-corrected chi connectivity index (χ1v) is 6.44. The Bertz CT molecular complexity index is 614. The molecule has 4 heteroatoms. The molecular formula is C14H10FNOS. The number of halogens is 1. The highest BCUT2D eigenvalue weighted by atomic mass is 32.2. The topological polar surface area (TPSA) is 29.1 Å². The van der Waals surface area contributed by atoms with Crippen molar-refractivity contribution in [3.63, 3.8) is 0 Å². The molecule has 0 aliphatic carbocycles. The average molecular weight is 259 g/mol. The Balaban J connectivity index is 2.01. The van der Waals surface area contributed by atoms with Crippen molar-refractivity contribution in [2.45, 2.75) is 10.1 Å². The molecule has 0 saturated carbocycles. The molecule has 1 aliphatic heterocycles. The number of carbonyl (C=O) groups excluding carboxylic acids is 1. The van der Waals surface area contributed by atoms with Crippen molar-refractivity contribution in [3.05, 3.63) is 59.9 Å². The van der Waals surface area contributed by atoms with E-state index < -0.39 is 5.25 Å². The third-order valence-corrected chi connectivity index (χ3v) is 4.13. The predicted molar refractivity (Wildman–Crippen MR) is 70.1 cm³/mol. The van der Waals surface area contributed by atoms with Crippen LogP contribution in [0.2, 0.25) is 0 Å². The number of anilines is 1. The minimum Gasteiger partial charge on any atom is -0.324 e. The van der Waals surface area contributed by atoms with E-state index in [-0.39, 0.29) is 11.7 Å². The second kappa shape index (κ2) is 4.46. The molecule has 1 unspecified atom stereocenters. The minimum atomic E-state index is -0.527. The van der Waals surface area contributed by atoms with E-state index in [0.717, 1.165) is 10.6 Å². The number of nitrogens with one attached hydrogen (secondary N) is 1. The molecule has 3 rings (SSSR count). The molecule has 2 aromatic rings. The van der Waals surface area contributed by atoms with Crippen LogP contribution in [-0.4, -0.2) is 5.91 Å². The Labute approximate surface area is 108 Å². The second-order valence-corrected chi connectivity index (χ2v) is 5.15. The van der Waals surface area contributed by atoms with Gasteiger partial charge >= 0.3 is 0 Å². The molecule has 2 aromatic carbocycles. The van der Waals surface area contributed by atoms with Gasteiger partial charge in [-0.1, -0.05) is 30.3 Å². The Morgan fingerprint density at radius 1 is 1.06 bits per heavy atom. The summed E-state index contributed by atoms with van der Waals surface area (Å²) < 4.78 is 13.7. The Morgan fingerprint density at radius 3 is 2.61 bits per heavy atom. The van der Waals surface area contributed by atoms with Gasteiger partial charge in [0.05, 0.1) is 5.69 Å². The van der Waals surface area contributed by atoms with Crippen LogP contribution in [0, 0.1) is 5.82 Å². The van der Waals surface area contributed by atoms with Crippen molar-refractivity contribution < 1.29 is 9.18 Å². The minimum absolute atomic E-state index is 0.177. The molecular weight excluding hydrogens is 249 g/mol. The fourth-order valence-electron chi connectivity index (χ4n) is 1.94. The smallest absolute Gasteiger partial charge is 0.242 e. The first-order chi connectivity index (χ1) is 8.75. The van der Waals surface area contributed by atoms with Crippen LogP contribution in [0.1, 0.15) is 10.8 Å². The second-order valence-electron chi connectivity index (χ2n) is 4.00. The first-order valence-electron chi connectivity index (χ1n) is 5.56. The van der Waals surface area contributed by atoms with Gasteiger partial charge in [0.2, 0.25) is 5.91 Å². The lowest BCUT2D eigenvalue weighted by Gasteiger charge is -2.24. The summed E-state index contributed by atoms with van der Waals surface area (Å²) in [6, 6.07) is 13.9. The summed E-state index contributed by atoms with van der Waals surface area (Å²) in [5, 5.41) is 2.28. The largest absolute Gasteiger partial charge is 0.324 e. The van der Waals surface area contributed by atoms with Crippen molar-refractivity contribution in [1.82, 2.24) is 0 Å². The van der Waals surface area contributed by atoms with Crippen LogP contribution >= 0.6 is 11.8 Å². The number of fused-ring (bicyclic) bond motifs is 1. The highest BCUT2D eigenvalue weighted by Crippen LogP contribution is 2.43. The number of benzene rings is 2. The number of hydrogen-bond acceptors (Lipinski definition) is 2. The SMILES string of the molecule is O=C1Nc2ccccc2SC1c1ccccc1F. The van der Waals surface area contributed by atoms with Gasteiger partial charge in [0.1, 0.15) is 11.1 Å². The number of thioether (sulfide) groups is 1. The highest BCUT2D eigenvalue weighted by Gasteiger charge is 2.29. The molecule has 1 heterocycles.